The highest BCUT2D eigenvalue weighted by atomic mass is 14.5. The lowest BCUT2D eigenvalue weighted by Gasteiger charge is -2.48. The van der Waals surface area contributed by atoms with Gasteiger partial charge in [0.2, 0.25) is 0 Å². The maximum atomic E-state index is 5.71. The van der Waals surface area contributed by atoms with Crippen molar-refractivity contribution in [2.24, 2.45) is 47.0 Å². The molecule has 4 N–H and O–H groups in total. The van der Waals surface area contributed by atoms with Gasteiger partial charge in [-0.1, -0.05) is 142 Å². The second-order valence-electron chi connectivity index (χ2n) is 13.4. The zero-order valence-corrected chi connectivity index (χ0v) is 26.2. The molecule has 0 bridgehead atoms. The van der Waals surface area contributed by atoms with Crippen molar-refractivity contribution in [3.05, 3.63) is 12.2 Å². The number of fused-ring (bicyclic) bond motifs is 1. The normalized spacial score (nSPS) is 27.1. The van der Waals surface area contributed by atoms with Gasteiger partial charge in [0.05, 0.1) is 0 Å². The zero-order chi connectivity index (χ0) is 27.3. The predicted octanol–water partition coefficient (Wildman–Crippen LogP) is 10.6. The molecule has 2 aliphatic carbocycles. The number of nitrogens with two attached hydrogens (primary N) is 2. The van der Waals surface area contributed by atoms with Crippen LogP contribution in [0.15, 0.2) is 12.2 Å². The molecule has 0 radical (unpaired) electrons. The molecule has 6 unspecified atom stereocenters. The van der Waals surface area contributed by atoms with Gasteiger partial charge in [0.25, 0.3) is 0 Å². The molecule has 2 aliphatic rings. The molecular weight excluding hydrogens is 460 g/mol. The highest BCUT2D eigenvalue weighted by molar-refractivity contribution is 5.08. The van der Waals surface area contributed by atoms with Gasteiger partial charge in [-0.3, -0.25) is 0 Å². The van der Waals surface area contributed by atoms with E-state index in [0.29, 0.717) is 0 Å². The molecule has 0 heterocycles. The van der Waals surface area contributed by atoms with E-state index in [2.05, 4.69) is 26.0 Å². The Labute approximate surface area is 239 Å². The molecule has 38 heavy (non-hydrogen) atoms. The van der Waals surface area contributed by atoms with Gasteiger partial charge >= 0.3 is 0 Å². The average molecular weight is 531 g/mol. The predicted molar refractivity (Wildman–Crippen MR) is 170 cm³/mol. The van der Waals surface area contributed by atoms with Crippen LogP contribution in [-0.4, -0.2) is 13.1 Å². The van der Waals surface area contributed by atoms with Gasteiger partial charge in [-0.15, -0.1) is 0 Å². The van der Waals surface area contributed by atoms with Crippen molar-refractivity contribution in [2.75, 3.05) is 13.1 Å². The molecule has 0 aliphatic heterocycles. The third kappa shape index (κ3) is 13.3. The fourth-order valence-corrected chi connectivity index (χ4v) is 8.10. The molecule has 0 spiro atoms. The van der Waals surface area contributed by atoms with Gasteiger partial charge < -0.3 is 11.5 Å². The topological polar surface area (TPSA) is 52.0 Å². The van der Waals surface area contributed by atoms with Crippen LogP contribution in [0.3, 0.4) is 0 Å². The molecule has 6 atom stereocenters. The van der Waals surface area contributed by atoms with E-state index in [1.54, 1.807) is 6.42 Å². The Kier molecular flexibility index (Phi) is 19.9. The van der Waals surface area contributed by atoms with Crippen LogP contribution < -0.4 is 11.5 Å². The van der Waals surface area contributed by atoms with Gasteiger partial charge in [-0.05, 0) is 87.1 Å². The smallest absolute Gasteiger partial charge is 0.00773 e. The van der Waals surface area contributed by atoms with Gasteiger partial charge in [-0.25, -0.2) is 0 Å². The van der Waals surface area contributed by atoms with Crippen molar-refractivity contribution < 1.29 is 0 Å². The van der Waals surface area contributed by atoms with Crippen LogP contribution in [-0.2, 0) is 0 Å². The van der Waals surface area contributed by atoms with E-state index in [0.717, 1.165) is 48.6 Å². The minimum Gasteiger partial charge on any atom is -0.330 e. The molecule has 224 valence electrons. The molecular formula is C36H70N2. The average Bonchev–Trinajstić information content (AvgIpc) is 2.93. The summed E-state index contributed by atoms with van der Waals surface area (Å²) < 4.78 is 0. The van der Waals surface area contributed by atoms with Crippen LogP contribution in [0, 0.1) is 35.5 Å². The minimum atomic E-state index is 0.852. The standard InChI is InChI=1S/C36H70N2/c1-3-5-7-16-23-33-30-36-34(29-32(33)21-6-4-2)26-25-31(22-17-12-8-10-14-19-27-37)35(36)24-18-13-9-11-15-20-28-38/h25-26,31-36H,3-24,27-30,37-38H2,1-2H3. The van der Waals surface area contributed by atoms with Crippen LogP contribution in [0.1, 0.15) is 168 Å². The van der Waals surface area contributed by atoms with E-state index in [1.165, 1.54) is 148 Å². The van der Waals surface area contributed by atoms with Crippen LogP contribution in [0.4, 0.5) is 0 Å². The van der Waals surface area contributed by atoms with Gasteiger partial charge in [0.1, 0.15) is 0 Å². The summed E-state index contributed by atoms with van der Waals surface area (Å²) in [7, 11) is 0. The molecule has 2 rings (SSSR count). The van der Waals surface area contributed by atoms with Crippen molar-refractivity contribution in [3.63, 3.8) is 0 Å². The minimum absolute atomic E-state index is 0.852. The van der Waals surface area contributed by atoms with E-state index >= 15 is 0 Å². The lowest BCUT2D eigenvalue weighted by atomic mass is 9.57. The number of unbranched alkanes of at least 4 members (excludes halogenated alkanes) is 14. The van der Waals surface area contributed by atoms with Crippen LogP contribution in [0.2, 0.25) is 0 Å². The highest BCUT2D eigenvalue weighted by Gasteiger charge is 2.42. The SMILES string of the molecule is CCCCCCC1CC2C(C=CC(CCCCCCCCN)C2CCCCCCCCN)CC1CCCC. The largest absolute Gasteiger partial charge is 0.330 e. The number of allylic oxidation sites excluding steroid dienone is 2. The molecule has 0 aromatic heterocycles. The molecule has 0 saturated heterocycles. The highest BCUT2D eigenvalue weighted by Crippen LogP contribution is 2.51. The van der Waals surface area contributed by atoms with Crippen molar-refractivity contribution in [3.8, 4) is 0 Å². The number of hydrogen-bond acceptors (Lipinski definition) is 2. The maximum absolute atomic E-state index is 5.71. The van der Waals surface area contributed by atoms with Crippen LogP contribution in [0.5, 0.6) is 0 Å². The maximum Gasteiger partial charge on any atom is -0.00773 e. The summed E-state index contributed by atoms with van der Waals surface area (Å²) in [5, 5.41) is 0. The molecule has 0 aromatic carbocycles. The van der Waals surface area contributed by atoms with Crippen molar-refractivity contribution >= 4 is 0 Å². The second kappa shape index (κ2) is 22.4. The first-order valence-corrected chi connectivity index (χ1v) is 17.8. The Morgan fingerprint density at radius 1 is 0.500 bits per heavy atom. The first-order valence-electron chi connectivity index (χ1n) is 17.8. The molecule has 0 amide bonds. The summed E-state index contributed by atoms with van der Waals surface area (Å²) in [4.78, 5) is 0. The summed E-state index contributed by atoms with van der Waals surface area (Å²) >= 11 is 0. The van der Waals surface area contributed by atoms with Gasteiger partial charge in [-0.2, -0.15) is 0 Å². The van der Waals surface area contributed by atoms with Crippen molar-refractivity contribution in [1.29, 1.82) is 0 Å². The fraction of sp³-hybridized carbons (Fsp3) is 0.944. The van der Waals surface area contributed by atoms with E-state index in [-0.39, 0.29) is 0 Å². The Bertz CT molecular complexity index is 558. The molecule has 2 heteroatoms. The van der Waals surface area contributed by atoms with E-state index in [1.807, 2.05) is 0 Å². The van der Waals surface area contributed by atoms with E-state index in [9.17, 15) is 0 Å². The Morgan fingerprint density at radius 2 is 1.00 bits per heavy atom. The van der Waals surface area contributed by atoms with Crippen LogP contribution >= 0.6 is 0 Å². The molecule has 0 aromatic rings. The van der Waals surface area contributed by atoms with Crippen molar-refractivity contribution in [1.82, 2.24) is 0 Å². The molecule has 1 fully saturated rings. The number of hydrogen-bond donors (Lipinski definition) is 2. The van der Waals surface area contributed by atoms with Crippen molar-refractivity contribution in [2.45, 2.75) is 168 Å². The first kappa shape index (κ1) is 33.9. The van der Waals surface area contributed by atoms with Gasteiger partial charge in [0.15, 0.2) is 0 Å². The first-order chi connectivity index (χ1) is 18.7. The fourth-order valence-electron chi connectivity index (χ4n) is 8.10. The quantitative estimate of drug-likeness (QED) is 0.0962. The van der Waals surface area contributed by atoms with E-state index in [4.69, 9.17) is 11.5 Å². The summed E-state index contributed by atoms with van der Waals surface area (Å²) in [5.74, 6) is 5.66. The zero-order valence-electron chi connectivity index (χ0n) is 26.2. The lowest BCUT2D eigenvalue weighted by molar-refractivity contribution is 0.0501. The molecule has 2 nitrogen and oxygen atoms in total. The third-order valence-corrected chi connectivity index (χ3v) is 10.4. The summed E-state index contributed by atoms with van der Waals surface area (Å²) in [6.07, 6.45) is 39.5. The summed E-state index contributed by atoms with van der Waals surface area (Å²) in [5.41, 5.74) is 11.4. The lowest BCUT2D eigenvalue weighted by Crippen LogP contribution is -2.39. The Morgan fingerprint density at radius 3 is 1.63 bits per heavy atom. The Hall–Kier alpha value is -0.340. The monoisotopic (exact) mass is 531 g/mol. The summed E-state index contributed by atoms with van der Waals surface area (Å²) in [6.45, 7) is 6.47. The molecule has 1 saturated carbocycles. The summed E-state index contributed by atoms with van der Waals surface area (Å²) in [6, 6.07) is 0. The third-order valence-electron chi connectivity index (χ3n) is 10.4. The van der Waals surface area contributed by atoms with Crippen LogP contribution in [0.25, 0.3) is 0 Å². The van der Waals surface area contributed by atoms with Gasteiger partial charge in [0, 0.05) is 0 Å². The second-order valence-corrected chi connectivity index (χ2v) is 13.4. The number of rotatable bonds is 24. The van der Waals surface area contributed by atoms with E-state index < -0.39 is 0 Å². The Balaban J connectivity index is 1.98.